The maximum Gasteiger partial charge on any atom is 0.300 e. The second-order valence-corrected chi connectivity index (χ2v) is 7.68. The number of aryl methyl sites for hydroxylation is 1. The summed E-state index contributed by atoms with van der Waals surface area (Å²) >= 11 is 6.29. The number of nitrogens with zero attached hydrogens (tertiary/aromatic N) is 2. The zero-order valence-corrected chi connectivity index (χ0v) is 18.0. The number of aliphatic hydroxyl groups is 1. The summed E-state index contributed by atoms with van der Waals surface area (Å²) in [7, 11) is 1.40. The number of halogens is 1. The van der Waals surface area contributed by atoms with Gasteiger partial charge >= 0.3 is 0 Å². The molecular formula is C24H19ClN2O5. The molecule has 1 atom stereocenters. The molecule has 32 heavy (non-hydrogen) atoms. The van der Waals surface area contributed by atoms with Crippen LogP contribution in [-0.4, -0.2) is 34.0 Å². The number of aliphatic hydroxyl groups excluding tert-OH is 1. The van der Waals surface area contributed by atoms with Crippen LogP contribution in [0, 0.1) is 6.92 Å². The predicted molar refractivity (Wildman–Crippen MR) is 120 cm³/mol. The first kappa shape index (κ1) is 21.4. The number of carbonyl (C=O) groups is 2. The van der Waals surface area contributed by atoms with Crippen molar-refractivity contribution >= 4 is 34.7 Å². The van der Waals surface area contributed by atoms with Crippen LogP contribution in [0.4, 0.5) is 5.69 Å². The quantitative estimate of drug-likeness (QED) is 0.347. The fraction of sp³-hybridized carbons (Fsp3) is 0.125. The molecule has 162 valence electrons. The van der Waals surface area contributed by atoms with E-state index in [-0.39, 0.29) is 33.3 Å². The van der Waals surface area contributed by atoms with Crippen LogP contribution in [0.3, 0.4) is 0 Å². The maximum absolute atomic E-state index is 13.2. The maximum atomic E-state index is 13.2. The van der Waals surface area contributed by atoms with E-state index in [0.29, 0.717) is 5.56 Å². The number of aromatic nitrogens is 1. The number of methoxy groups -OCH3 is 1. The first-order valence-corrected chi connectivity index (χ1v) is 10.1. The van der Waals surface area contributed by atoms with Crippen LogP contribution in [-0.2, 0) is 9.59 Å². The largest absolute Gasteiger partial charge is 0.507 e. The third kappa shape index (κ3) is 3.46. The molecular weight excluding hydrogens is 432 g/mol. The highest BCUT2D eigenvalue weighted by atomic mass is 35.5. The van der Waals surface area contributed by atoms with Crippen molar-refractivity contribution in [3.8, 4) is 11.5 Å². The molecule has 7 nitrogen and oxygen atoms in total. The number of para-hydroxylation sites is 2. The van der Waals surface area contributed by atoms with Gasteiger partial charge in [0.2, 0.25) is 0 Å². The number of amides is 1. The number of anilines is 1. The molecule has 1 aliphatic rings. The van der Waals surface area contributed by atoms with E-state index in [4.69, 9.17) is 16.3 Å². The monoisotopic (exact) mass is 450 g/mol. The number of phenols is 1. The normalized spacial score (nSPS) is 17.6. The molecule has 0 spiro atoms. The van der Waals surface area contributed by atoms with Gasteiger partial charge in [-0.25, -0.2) is 0 Å². The Labute approximate surface area is 189 Å². The van der Waals surface area contributed by atoms with Gasteiger partial charge in [0.15, 0.2) is 0 Å². The van der Waals surface area contributed by atoms with Crippen molar-refractivity contribution in [1.29, 1.82) is 0 Å². The lowest BCUT2D eigenvalue weighted by atomic mass is 9.95. The number of ketones is 1. The number of hydrogen-bond acceptors (Lipinski definition) is 6. The summed E-state index contributed by atoms with van der Waals surface area (Å²) in [6.45, 7) is 1.78. The molecule has 0 saturated carbocycles. The highest BCUT2D eigenvalue weighted by molar-refractivity contribution is 6.52. The van der Waals surface area contributed by atoms with E-state index in [1.54, 1.807) is 49.5 Å². The summed E-state index contributed by atoms with van der Waals surface area (Å²) < 4.78 is 5.36. The summed E-state index contributed by atoms with van der Waals surface area (Å²) in [6, 6.07) is 11.8. The number of carbonyl (C=O) groups excluding carboxylic acids is 2. The lowest BCUT2D eigenvalue weighted by Crippen LogP contribution is -2.29. The lowest BCUT2D eigenvalue weighted by Gasteiger charge is -2.25. The van der Waals surface area contributed by atoms with Crippen molar-refractivity contribution in [2.24, 2.45) is 0 Å². The van der Waals surface area contributed by atoms with E-state index < -0.39 is 23.5 Å². The van der Waals surface area contributed by atoms with Gasteiger partial charge in [-0.1, -0.05) is 29.8 Å². The van der Waals surface area contributed by atoms with Gasteiger partial charge in [-0.2, -0.15) is 0 Å². The van der Waals surface area contributed by atoms with Crippen molar-refractivity contribution in [2.75, 3.05) is 12.0 Å². The molecule has 2 heterocycles. The minimum absolute atomic E-state index is 0.136. The number of benzene rings is 2. The summed E-state index contributed by atoms with van der Waals surface area (Å²) in [6.07, 6.45) is 3.05. The van der Waals surface area contributed by atoms with E-state index in [0.717, 1.165) is 10.5 Å². The van der Waals surface area contributed by atoms with E-state index in [1.165, 1.54) is 25.4 Å². The van der Waals surface area contributed by atoms with Crippen LogP contribution in [0.2, 0.25) is 5.02 Å². The predicted octanol–water partition coefficient (Wildman–Crippen LogP) is 4.38. The SMILES string of the molecule is COc1c(Cl)cc(C)cc1/C(O)=C1\C(=O)C(=O)N(c2ccccc2O)C1c1cccnc1. The number of Topliss-reactive ketones (excluding diaryl/α,β-unsaturated/α-hetero) is 1. The Kier molecular flexibility index (Phi) is 5.59. The summed E-state index contributed by atoms with van der Waals surface area (Å²) in [4.78, 5) is 31.6. The second kappa shape index (κ2) is 8.36. The molecule has 1 aromatic heterocycles. The van der Waals surface area contributed by atoms with Crippen LogP contribution in [0.1, 0.15) is 22.7 Å². The molecule has 1 fully saturated rings. The van der Waals surface area contributed by atoms with Gasteiger partial charge in [-0.3, -0.25) is 19.5 Å². The van der Waals surface area contributed by atoms with Gasteiger partial charge in [0.25, 0.3) is 11.7 Å². The Morgan fingerprint density at radius 3 is 2.56 bits per heavy atom. The minimum Gasteiger partial charge on any atom is -0.507 e. The first-order valence-electron chi connectivity index (χ1n) is 9.68. The molecule has 1 amide bonds. The Morgan fingerprint density at radius 2 is 1.91 bits per heavy atom. The van der Waals surface area contributed by atoms with E-state index in [9.17, 15) is 19.8 Å². The van der Waals surface area contributed by atoms with Crippen LogP contribution in [0.25, 0.3) is 5.76 Å². The molecule has 8 heteroatoms. The molecule has 1 unspecified atom stereocenters. The first-order chi connectivity index (χ1) is 15.3. The summed E-state index contributed by atoms with van der Waals surface area (Å²) in [5.41, 5.74) is 1.36. The number of hydrogen-bond donors (Lipinski definition) is 2. The van der Waals surface area contributed by atoms with Crippen LogP contribution in [0.15, 0.2) is 66.5 Å². The molecule has 3 aromatic rings. The number of pyridine rings is 1. The van der Waals surface area contributed by atoms with Crippen molar-refractivity contribution in [3.05, 3.63) is 88.2 Å². The topological polar surface area (TPSA) is 100.0 Å². The highest BCUT2D eigenvalue weighted by Crippen LogP contribution is 2.46. The second-order valence-electron chi connectivity index (χ2n) is 7.27. The average Bonchev–Trinajstić information content (AvgIpc) is 3.04. The minimum atomic E-state index is -1.03. The van der Waals surface area contributed by atoms with E-state index >= 15 is 0 Å². The van der Waals surface area contributed by atoms with E-state index in [1.807, 2.05) is 0 Å². The Bertz CT molecular complexity index is 1260. The van der Waals surface area contributed by atoms with Crippen LogP contribution in [0.5, 0.6) is 11.5 Å². The van der Waals surface area contributed by atoms with Crippen molar-refractivity contribution in [1.82, 2.24) is 4.98 Å². The number of rotatable bonds is 4. The molecule has 1 saturated heterocycles. The fourth-order valence-electron chi connectivity index (χ4n) is 3.86. The Hall–Kier alpha value is -3.84. The Morgan fingerprint density at radius 1 is 1.16 bits per heavy atom. The van der Waals surface area contributed by atoms with Gasteiger partial charge in [0.1, 0.15) is 17.3 Å². The zero-order valence-electron chi connectivity index (χ0n) is 17.2. The smallest absolute Gasteiger partial charge is 0.300 e. The van der Waals surface area contributed by atoms with Gasteiger partial charge in [0.05, 0.1) is 35.0 Å². The molecule has 2 aromatic carbocycles. The molecule has 2 N–H and O–H groups in total. The number of aromatic hydroxyl groups is 1. The average molecular weight is 451 g/mol. The highest BCUT2D eigenvalue weighted by Gasteiger charge is 2.48. The third-order valence-electron chi connectivity index (χ3n) is 5.23. The van der Waals surface area contributed by atoms with Gasteiger partial charge in [-0.15, -0.1) is 0 Å². The van der Waals surface area contributed by atoms with Crippen LogP contribution >= 0.6 is 11.6 Å². The molecule has 0 radical (unpaired) electrons. The lowest BCUT2D eigenvalue weighted by molar-refractivity contribution is -0.132. The van der Waals surface area contributed by atoms with Crippen molar-refractivity contribution in [2.45, 2.75) is 13.0 Å². The molecule has 0 bridgehead atoms. The molecule has 4 rings (SSSR count). The standard InChI is InChI=1S/C24H19ClN2O5/c1-13-10-15(23(32-2)16(25)11-13)21(29)19-20(14-6-5-9-26-12-14)27(24(31)22(19)30)17-7-3-4-8-18(17)28/h3-12,20,28-29H,1-2H3/b21-19+. The van der Waals surface area contributed by atoms with Crippen molar-refractivity contribution in [3.63, 3.8) is 0 Å². The van der Waals surface area contributed by atoms with Crippen LogP contribution < -0.4 is 9.64 Å². The van der Waals surface area contributed by atoms with Crippen molar-refractivity contribution < 1.29 is 24.5 Å². The van der Waals surface area contributed by atoms with Gasteiger partial charge < -0.3 is 14.9 Å². The summed E-state index contributed by atoms with van der Waals surface area (Å²) in [5.74, 6) is -2.23. The molecule has 1 aliphatic heterocycles. The van der Waals surface area contributed by atoms with Gasteiger partial charge in [-0.05, 0) is 48.4 Å². The van der Waals surface area contributed by atoms with E-state index in [2.05, 4.69) is 4.98 Å². The Balaban J connectivity index is 2.02. The summed E-state index contributed by atoms with van der Waals surface area (Å²) in [5, 5.41) is 21.9. The van der Waals surface area contributed by atoms with Gasteiger partial charge in [0, 0.05) is 12.4 Å². The molecule has 0 aliphatic carbocycles. The third-order valence-corrected chi connectivity index (χ3v) is 5.51. The number of ether oxygens (including phenoxy) is 1. The fourth-order valence-corrected chi connectivity index (χ4v) is 4.21. The zero-order chi connectivity index (χ0) is 23.0. The number of phenolic OH excluding ortho intramolecular Hbond substituents is 1.